The first-order valence-corrected chi connectivity index (χ1v) is 6.40. The van der Waals surface area contributed by atoms with Crippen LogP contribution in [-0.2, 0) is 12.6 Å². The summed E-state index contributed by atoms with van der Waals surface area (Å²) in [7, 11) is 2.13. The zero-order valence-electron chi connectivity index (χ0n) is 10.8. The van der Waals surface area contributed by atoms with Gasteiger partial charge in [0, 0.05) is 23.6 Å². The number of nitrogens with two attached hydrogens (primary N) is 1. The van der Waals surface area contributed by atoms with Crippen LogP contribution in [0, 0.1) is 0 Å². The lowest BCUT2D eigenvalue weighted by Crippen LogP contribution is -2.21. The Labute approximate surface area is 102 Å². The van der Waals surface area contributed by atoms with E-state index >= 15 is 0 Å². The topological polar surface area (TPSA) is 30.9 Å². The van der Waals surface area contributed by atoms with Gasteiger partial charge in [-0.1, -0.05) is 26.0 Å². The third-order valence-corrected chi connectivity index (χ3v) is 4.04. The van der Waals surface area contributed by atoms with Crippen LogP contribution in [0.5, 0.6) is 0 Å². The van der Waals surface area contributed by atoms with Crippen LogP contribution in [0.2, 0.25) is 0 Å². The smallest absolute Gasteiger partial charge is 0.0565 e. The average molecular weight is 228 g/mol. The molecule has 2 heteroatoms. The molecule has 2 nitrogen and oxygen atoms in total. The summed E-state index contributed by atoms with van der Waals surface area (Å²) in [4.78, 5) is 0. The maximum absolute atomic E-state index is 6.34. The molecule has 0 amide bonds. The van der Waals surface area contributed by atoms with E-state index in [0.29, 0.717) is 5.92 Å². The van der Waals surface area contributed by atoms with Gasteiger partial charge in [-0.25, -0.2) is 0 Å². The van der Waals surface area contributed by atoms with Crippen molar-refractivity contribution in [3.05, 3.63) is 35.5 Å². The molecule has 17 heavy (non-hydrogen) atoms. The zero-order chi connectivity index (χ0) is 12.2. The monoisotopic (exact) mass is 228 g/mol. The fourth-order valence-electron chi connectivity index (χ4n) is 2.76. The van der Waals surface area contributed by atoms with E-state index in [-0.39, 0.29) is 5.54 Å². The first kappa shape index (κ1) is 10.8. The summed E-state index contributed by atoms with van der Waals surface area (Å²) < 4.78 is 2.27. The van der Waals surface area contributed by atoms with Crippen molar-refractivity contribution in [1.29, 1.82) is 0 Å². The highest BCUT2D eigenvalue weighted by Gasteiger charge is 2.42. The molecule has 2 aromatic rings. The second-order valence-electron chi connectivity index (χ2n) is 5.68. The Hall–Kier alpha value is -1.28. The third-order valence-electron chi connectivity index (χ3n) is 4.04. The van der Waals surface area contributed by atoms with Gasteiger partial charge in [0.05, 0.1) is 5.54 Å². The molecule has 0 spiro atoms. The van der Waals surface area contributed by atoms with Crippen LogP contribution in [0.3, 0.4) is 0 Å². The van der Waals surface area contributed by atoms with E-state index in [2.05, 4.69) is 49.7 Å². The summed E-state index contributed by atoms with van der Waals surface area (Å²) in [5, 5.41) is 1.37. The molecule has 90 valence electrons. The molecule has 1 aromatic heterocycles. The molecule has 0 saturated heterocycles. The van der Waals surface area contributed by atoms with E-state index in [0.717, 1.165) is 12.8 Å². The van der Waals surface area contributed by atoms with E-state index in [9.17, 15) is 0 Å². The molecule has 1 heterocycles. The van der Waals surface area contributed by atoms with E-state index < -0.39 is 0 Å². The molecular formula is C15H20N2. The molecule has 3 rings (SSSR count). The highest BCUT2D eigenvalue weighted by atomic mass is 15.0. The van der Waals surface area contributed by atoms with Gasteiger partial charge < -0.3 is 10.3 Å². The van der Waals surface area contributed by atoms with Crippen molar-refractivity contribution in [3.63, 3.8) is 0 Å². The second-order valence-corrected chi connectivity index (χ2v) is 5.68. The Kier molecular flexibility index (Phi) is 2.14. The van der Waals surface area contributed by atoms with Crippen LogP contribution in [0.1, 0.15) is 43.9 Å². The minimum atomic E-state index is -0.0536. The SMILES string of the molecule is CC(C)c1cccc2c1cc(C1(N)CC1)n2C. The minimum Gasteiger partial charge on any atom is -0.346 e. The first-order chi connectivity index (χ1) is 8.03. The highest BCUT2D eigenvalue weighted by molar-refractivity contribution is 5.85. The Morgan fingerprint density at radius 3 is 2.59 bits per heavy atom. The molecule has 0 atom stereocenters. The largest absolute Gasteiger partial charge is 0.346 e. The second kappa shape index (κ2) is 3.36. The van der Waals surface area contributed by atoms with Gasteiger partial charge in [-0.3, -0.25) is 0 Å². The van der Waals surface area contributed by atoms with Crippen LogP contribution in [-0.4, -0.2) is 4.57 Å². The van der Waals surface area contributed by atoms with Gasteiger partial charge in [0.25, 0.3) is 0 Å². The number of nitrogens with zero attached hydrogens (tertiary/aromatic N) is 1. The van der Waals surface area contributed by atoms with Crippen LogP contribution in [0.25, 0.3) is 10.9 Å². The van der Waals surface area contributed by atoms with Crippen molar-refractivity contribution in [2.45, 2.75) is 38.1 Å². The van der Waals surface area contributed by atoms with Crippen molar-refractivity contribution in [2.24, 2.45) is 12.8 Å². The summed E-state index contributed by atoms with van der Waals surface area (Å²) >= 11 is 0. The van der Waals surface area contributed by atoms with Gasteiger partial charge in [0.15, 0.2) is 0 Å². The molecule has 1 aliphatic carbocycles. The normalized spacial score (nSPS) is 17.9. The third kappa shape index (κ3) is 1.51. The first-order valence-electron chi connectivity index (χ1n) is 6.40. The molecule has 1 aromatic carbocycles. The van der Waals surface area contributed by atoms with Crippen LogP contribution in [0.15, 0.2) is 24.3 Å². The zero-order valence-corrected chi connectivity index (χ0v) is 10.8. The number of hydrogen-bond donors (Lipinski definition) is 1. The Balaban J connectivity index is 2.28. The van der Waals surface area contributed by atoms with Crippen molar-refractivity contribution in [2.75, 3.05) is 0 Å². The molecule has 1 fully saturated rings. The quantitative estimate of drug-likeness (QED) is 0.840. The van der Waals surface area contributed by atoms with Gasteiger partial charge in [-0.2, -0.15) is 0 Å². The number of aryl methyl sites for hydroxylation is 1. The standard InChI is InChI=1S/C15H20N2/c1-10(2)11-5-4-6-13-12(11)9-14(17(13)3)15(16)7-8-15/h4-6,9-10H,7-8,16H2,1-3H3. The highest BCUT2D eigenvalue weighted by Crippen LogP contribution is 2.44. The predicted octanol–water partition coefficient (Wildman–Crippen LogP) is 3.25. The maximum atomic E-state index is 6.34. The Morgan fingerprint density at radius 1 is 1.29 bits per heavy atom. The lowest BCUT2D eigenvalue weighted by Gasteiger charge is -2.10. The summed E-state index contributed by atoms with van der Waals surface area (Å²) in [6.45, 7) is 4.49. The number of fused-ring (bicyclic) bond motifs is 1. The van der Waals surface area contributed by atoms with Crippen molar-refractivity contribution in [1.82, 2.24) is 4.57 Å². The van der Waals surface area contributed by atoms with Gasteiger partial charge in [0.2, 0.25) is 0 Å². The maximum Gasteiger partial charge on any atom is 0.0565 e. The minimum absolute atomic E-state index is 0.0536. The molecule has 1 aliphatic rings. The van der Waals surface area contributed by atoms with Gasteiger partial charge in [-0.15, -0.1) is 0 Å². The molecule has 0 radical (unpaired) electrons. The number of rotatable bonds is 2. The number of aromatic nitrogens is 1. The number of hydrogen-bond acceptors (Lipinski definition) is 1. The molecule has 0 unspecified atom stereocenters. The van der Waals surface area contributed by atoms with Gasteiger partial charge in [-0.05, 0) is 36.5 Å². The summed E-state index contributed by atoms with van der Waals surface area (Å²) in [6.07, 6.45) is 2.24. The average Bonchev–Trinajstić information content (AvgIpc) is 2.94. The summed E-state index contributed by atoms with van der Waals surface area (Å²) in [5.74, 6) is 0.557. The molecule has 0 bridgehead atoms. The van der Waals surface area contributed by atoms with E-state index in [4.69, 9.17) is 5.73 Å². The molecule has 1 saturated carbocycles. The van der Waals surface area contributed by atoms with Crippen molar-refractivity contribution >= 4 is 10.9 Å². The van der Waals surface area contributed by atoms with E-state index in [1.165, 1.54) is 22.2 Å². The van der Waals surface area contributed by atoms with E-state index in [1.54, 1.807) is 0 Å². The lowest BCUT2D eigenvalue weighted by molar-refractivity contribution is 0.667. The fourth-order valence-corrected chi connectivity index (χ4v) is 2.76. The Bertz CT molecular complexity index is 574. The lowest BCUT2D eigenvalue weighted by atomic mass is 9.99. The fraction of sp³-hybridized carbons (Fsp3) is 0.467. The van der Waals surface area contributed by atoms with Gasteiger partial charge in [0.1, 0.15) is 0 Å². The van der Waals surface area contributed by atoms with Crippen molar-refractivity contribution < 1.29 is 0 Å². The molecule has 2 N–H and O–H groups in total. The van der Waals surface area contributed by atoms with Crippen LogP contribution >= 0.6 is 0 Å². The Morgan fingerprint density at radius 2 is 2.00 bits per heavy atom. The molecular weight excluding hydrogens is 208 g/mol. The van der Waals surface area contributed by atoms with Gasteiger partial charge >= 0.3 is 0 Å². The van der Waals surface area contributed by atoms with Crippen LogP contribution < -0.4 is 5.73 Å². The van der Waals surface area contributed by atoms with E-state index in [1.807, 2.05) is 0 Å². The molecule has 0 aliphatic heterocycles. The number of benzene rings is 1. The summed E-state index contributed by atoms with van der Waals surface area (Å²) in [5.41, 5.74) is 10.3. The predicted molar refractivity (Wildman–Crippen MR) is 72.1 cm³/mol. The summed E-state index contributed by atoms with van der Waals surface area (Å²) in [6, 6.07) is 8.87. The van der Waals surface area contributed by atoms with Crippen molar-refractivity contribution in [3.8, 4) is 0 Å². The van der Waals surface area contributed by atoms with Crippen LogP contribution in [0.4, 0.5) is 0 Å².